The van der Waals surface area contributed by atoms with E-state index in [-0.39, 0.29) is 0 Å². The Morgan fingerprint density at radius 1 is 1.21 bits per heavy atom. The molecular weight excluding hydrogens is 232 g/mol. The van der Waals surface area contributed by atoms with Crippen LogP contribution in [0.4, 0.5) is 0 Å². The Hall–Kier alpha value is -1.12. The van der Waals surface area contributed by atoms with Gasteiger partial charge in [0.1, 0.15) is 0 Å². The molecule has 0 bridgehead atoms. The molecule has 0 radical (unpaired) electrons. The summed E-state index contributed by atoms with van der Waals surface area (Å²) < 4.78 is 0. The van der Waals surface area contributed by atoms with Crippen LogP contribution in [0.25, 0.3) is 0 Å². The number of rotatable bonds is 5. The van der Waals surface area contributed by atoms with Gasteiger partial charge in [-0.15, -0.1) is 6.58 Å². The Morgan fingerprint density at radius 2 is 1.84 bits per heavy atom. The standard InChI is InChI=1S/C17H26N2/c1-4-5-6-17(19-9-7-18-8-10-19)16-12-14(2)11-15(3)13-16/h4,11-13,17-18H,1,5-10H2,2-3H3/t17-/m0/s1. The Kier molecular flexibility index (Phi) is 5.17. The lowest BCUT2D eigenvalue weighted by atomic mass is 9.96. The molecule has 0 aromatic heterocycles. The van der Waals surface area contributed by atoms with Gasteiger partial charge in [0.2, 0.25) is 0 Å². The second-order valence-corrected chi connectivity index (χ2v) is 5.59. The molecule has 2 nitrogen and oxygen atoms in total. The first-order chi connectivity index (χ1) is 9.20. The highest BCUT2D eigenvalue weighted by Crippen LogP contribution is 2.27. The lowest BCUT2D eigenvalue weighted by molar-refractivity contribution is 0.166. The van der Waals surface area contributed by atoms with Crippen molar-refractivity contribution in [3.63, 3.8) is 0 Å². The summed E-state index contributed by atoms with van der Waals surface area (Å²) in [5, 5.41) is 3.44. The maximum atomic E-state index is 3.88. The molecule has 1 saturated heterocycles. The van der Waals surface area contributed by atoms with Crippen LogP contribution >= 0.6 is 0 Å². The summed E-state index contributed by atoms with van der Waals surface area (Å²) in [6.45, 7) is 12.8. The summed E-state index contributed by atoms with van der Waals surface area (Å²) in [4.78, 5) is 2.62. The van der Waals surface area contributed by atoms with Crippen molar-refractivity contribution in [3.05, 3.63) is 47.5 Å². The zero-order valence-corrected chi connectivity index (χ0v) is 12.3. The van der Waals surface area contributed by atoms with Crippen molar-refractivity contribution >= 4 is 0 Å². The topological polar surface area (TPSA) is 15.3 Å². The molecule has 1 aromatic carbocycles. The predicted molar refractivity (Wildman–Crippen MR) is 82.5 cm³/mol. The number of aryl methyl sites for hydroxylation is 2. The van der Waals surface area contributed by atoms with Crippen LogP contribution in [-0.2, 0) is 0 Å². The lowest BCUT2D eigenvalue weighted by Gasteiger charge is -2.35. The molecule has 2 heteroatoms. The Labute approximate surface area is 117 Å². The van der Waals surface area contributed by atoms with Crippen molar-refractivity contribution in [1.82, 2.24) is 10.2 Å². The highest BCUT2D eigenvalue weighted by atomic mass is 15.2. The molecule has 104 valence electrons. The number of piperazine rings is 1. The number of nitrogens with zero attached hydrogens (tertiary/aromatic N) is 1. The second-order valence-electron chi connectivity index (χ2n) is 5.59. The van der Waals surface area contributed by atoms with E-state index in [2.05, 4.69) is 48.8 Å². The first-order valence-corrected chi connectivity index (χ1v) is 7.34. The van der Waals surface area contributed by atoms with Crippen molar-refractivity contribution in [1.29, 1.82) is 0 Å². The molecule has 1 aromatic rings. The SMILES string of the molecule is C=CCC[C@@H](c1cc(C)cc(C)c1)N1CCNCC1. The van der Waals surface area contributed by atoms with Crippen LogP contribution in [0.1, 0.15) is 35.6 Å². The maximum absolute atomic E-state index is 3.88. The minimum Gasteiger partial charge on any atom is -0.314 e. The quantitative estimate of drug-likeness (QED) is 0.816. The van der Waals surface area contributed by atoms with Crippen LogP contribution in [0, 0.1) is 13.8 Å². The van der Waals surface area contributed by atoms with E-state index >= 15 is 0 Å². The van der Waals surface area contributed by atoms with Crippen LogP contribution in [0.3, 0.4) is 0 Å². The largest absolute Gasteiger partial charge is 0.314 e. The minimum atomic E-state index is 0.540. The van der Waals surface area contributed by atoms with Crippen LogP contribution in [-0.4, -0.2) is 31.1 Å². The molecule has 1 aliphatic heterocycles. The number of benzene rings is 1. The van der Waals surface area contributed by atoms with Gasteiger partial charge in [-0.1, -0.05) is 35.4 Å². The van der Waals surface area contributed by atoms with E-state index < -0.39 is 0 Å². The zero-order chi connectivity index (χ0) is 13.7. The monoisotopic (exact) mass is 258 g/mol. The average Bonchev–Trinajstić information content (AvgIpc) is 2.39. The first kappa shape index (κ1) is 14.3. The lowest BCUT2D eigenvalue weighted by Crippen LogP contribution is -2.45. The van der Waals surface area contributed by atoms with Crippen molar-refractivity contribution in [2.75, 3.05) is 26.2 Å². The minimum absolute atomic E-state index is 0.540. The van der Waals surface area contributed by atoms with Gasteiger partial charge in [-0.3, -0.25) is 4.90 Å². The van der Waals surface area contributed by atoms with Crippen molar-refractivity contribution in [3.8, 4) is 0 Å². The number of hydrogen-bond donors (Lipinski definition) is 1. The van der Waals surface area contributed by atoms with Crippen LogP contribution < -0.4 is 5.32 Å². The van der Waals surface area contributed by atoms with E-state index in [0.29, 0.717) is 6.04 Å². The van der Waals surface area contributed by atoms with Crippen LogP contribution in [0.5, 0.6) is 0 Å². The fraction of sp³-hybridized carbons (Fsp3) is 0.529. The fourth-order valence-electron chi connectivity index (χ4n) is 3.03. The van der Waals surface area contributed by atoms with Gasteiger partial charge in [-0.25, -0.2) is 0 Å². The zero-order valence-electron chi connectivity index (χ0n) is 12.3. The van der Waals surface area contributed by atoms with Gasteiger partial charge in [0, 0.05) is 32.2 Å². The predicted octanol–water partition coefficient (Wildman–Crippen LogP) is 3.22. The van der Waals surface area contributed by atoms with Gasteiger partial charge in [0.25, 0.3) is 0 Å². The van der Waals surface area contributed by atoms with E-state index in [1.807, 2.05) is 6.08 Å². The highest BCUT2D eigenvalue weighted by molar-refractivity contribution is 5.31. The first-order valence-electron chi connectivity index (χ1n) is 7.34. The Bertz CT molecular complexity index is 399. The van der Waals surface area contributed by atoms with Gasteiger partial charge in [-0.2, -0.15) is 0 Å². The van der Waals surface area contributed by atoms with Crippen molar-refractivity contribution in [2.24, 2.45) is 0 Å². The summed E-state index contributed by atoms with van der Waals surface area (Å²) in [6, 6.07) is 7.50. The Morgan fingerprint density at radius 3 is 2.42 bits per heavy atom. The molecular formula is C17H26N2. The molecule has 1 aliphatic rings. The normalized spacial score (nSPS) is 18.2. The van der Waals surface area contributed by atoms with Crippen LogP contribution in [0.15, 0.2) is 30.9 Å². The molecule has 19 heavy (non-hydrogen) atoms. The van der Waals surface area contributed by atoms with Gasteiger partial charge in [0.15, 0.2) is 0 Å². The van der Waals surface area contributed by atoms with Crippen molar-refractivity contribution < 1.29 is 0 Å². The fourth-order valence-corrected chi connectivity index (χ4v) is 3.03. The number of nitrogens with one attached hydrogen (secondary N) is 1. The highest BCUT2D eigenvalue weighted by Gasteiger charge is 2.21. The molecule has 0 amide bonds. The summed E-state index contributed by atoms with van der Waals surface area (Å²) in [5.74, 6) is 0. The van der Waals surface area contributed by atoms with Crippen molar-refractivity contribution in [2.45, 2.75) is 32.7 Å². The summed E-state index contributed by atoms with van der Waals surface area (Å²) >= 11 is 0. The summed E-state index contributed by atoms with van der Waals surface area (Å²) in [5.41, 5.74) is 4.21. The third kappa shape index (κ3) is 3.92. The Balaban J connectivity index is 2.21. The van der Waals surface area contributed by atoms with E-state index in [1.54, 1.807) is 0 Å². The van der Waals surface area contributed by atoms with E-state index in [9.17, 15) is 0 Å². The van der Waals surface area contributed by atoms with Gasteiger partial charge in [0.05, 0.1) is 0 Å². The molecule has 1 heterocycles. The molecule has 2 rings (SSSR count). The number of hydrogen-bond acceptors (Lipinski definition) is 2. The molecule has 1 N–H and O–H groups in total. The third-order valence-electron chi connectivity index (χ3n) is 3.87. The summed E-state index contributed by atoms with van der Waals surface area (Å²) in [6.07, 6.45) is 4.30. The molecule has 0 saturated carbocycles. The van der Waals surface area contributed by atoms with E-state index in [4.69, 9.17) is 0 Å². The second kappa shape index (κ2) is 6.88. The third-order valence-corrected chi connectivity index (χ3v) is 3.87. The molecule has 0 unspecified atom stereocenters. The molecule has 1 atom stereocenters. The molecule has 0 aliphatic carbocycles. The van der Waals surface area contributed by atoms with Crippen LogP contribution in [0.2, 0.25) is 0 Å². The smallest absolute Gasteiger partial charge is 0.0352 e. The van der Waals surface area contributed by atoms with Gasteiger partial charge < -0.3 is 5.32 Å². The van der Waals surface area contributed by atoms with Gasteiger partial charge >= 0.3 is 0 Å². The average molecular weight is 258 g/mol. The number of allylic oxidation sites excluding steroid dienone is 1. The van der Waals surface area contributed by atoms with Gasteiger partial charge in [-0.05, 0) is 32.3 Å². The maximum Gasteiger partial charge on any atom is 0.0352 e. The molecule has 0 spiro atoms. The summed E-state index contributed by atoms with van der Waals surface area (Å²) in [7, 11) is 0. The van der Waals surface area contributed by atoms with E-state index in [0.717, 1.165) is 32.6 Å². The molecule has 1 fully saturated rings. The van der Waals surface area contributed by atoms with E-state index in [1.165, 1.54) is 23.1 Å².